The van der Waals surface area contributed by atoms with E-state index in [0.29, 0.717) is 6.04 Å². The third kappa shape index (κ3) is 5.57. The fourth-order valence-electron chi connectivity index (χ4n) is 1.60. The Labute approximate surface area is 92.7 Å². The van der Waals surface area contributed by atoms with E-state index in [1.54, 1.807) is 6.33 Å². The van der Waals surface area contributed by atoms with Crippen molar-refractivity contribution in [1.82, 2.24) is 15.3 Å². The van der Waals surface area contributed by atoms with Crippen molar-refractivity contribution in [2.24, 2.45) is 5.92 Å². The summed E-state index contributed by atoms with van der Waals surface area (Å²) in [5.41, 5.74) is 1.16. The smallest absolute Gasteiger partial charge is 0.0922 e. The van der Waals surface area contributed by atoms with Gasteiger partial charge in [-0.2, -0.15) is 0 Å². The van der Waals surface area contributed by atoms with Crippen molar-refractivity contribution in [3.63, 3.8) is 0 Å². The number of aromatic amines is 1. The van der Waals surface area contributed by atoms with Crippen LogP contribution in [0.3, 0.4) is 0 Å². The van der Waals surface area contributed by atoms with Gasteiger partial charge in [-0.3, -0.25) is 0 Å². The molecule has 1 unspecified atom stereocenters. The average Bonchev–Trinajstić information content (AvgIpc) is 2.66. The van der Waals surface area contributed by atoms with Gasteiger partial charge in [0.25, 0.3) is 0 Å². The van der Waals surface area contributed by atoms with Crippen LogP contribution >= 0.6 is 0 Å². The molecule has 3 heteroatoms. The summed E-state index contributed by atoms with van der Waals surface area (Å²) < 4.78 is 0. The highest BCUT2D eigenvalue weighted by Crippen LogP contribution is 2.08. The number of imidazole rings is 1. The number of nitrogens with one attached hydrogen (secondary N) is 2. The molecule has 0 spiro atoms. The van der Waals surface area contributed by atoms with E-state index in [4.69, 9.17) is 0 Å². The maximum atomic E-state index is 3.99. The maximum Gasteiger partial charge on any atom is 0.0922 e. The molecule has 15 heavy (non-hydrogen) atoms. The van der Waals surface area contributed by atoms with Gasteiger partial charge in [-0.05, 0) is 19.3 Å². The molecule has 0 saturated heterocycles. The molecular weight excluding hydrogens is 186 g/mol. The van der Waals surface area contributed by atoms with E-state index in [0.717, 1.165) is 18.2 Å². The van der Waals surface area contributed by atoms with Crippen LogP contribution in [0.5, 0.6) is 0 Å². The van der Waals surface area contributed by atoms with E-state index in [1.807, 2.05) is 6.20 Å². The van der Waals surface area contributed by atoms with E-state index in [9.17, 15) is 0 Å². The van der Waals surface area contributed by atoms with Gasteiger partial charge in [-0.15, -0.1) is 0 Å². The third-order valence-corrected chi connectivity index (χ3v) is 2.61. The highest BCUT2D eigenvalue weighted by molar-refractivity contribution is 4.93. The SMILES string of the molecule is CC(C)CCCC(C)NCc1cnc[nH]1. The Hall–Kier alpha value is -0.830. The predicted molar refractivity (Wildman–Crippen MR) is 63.6 cm³/mol. The molecule has 1 rings (SSSR count). The number of hydrogen-bond acceptors (Lipinski definition) is 2. The van der Waals surface area contributed by atoms with E-state index >= 15 is 0 Å². The molecule has 1 aromatic heterocycles. The van der Waals surface area contributed by atoms with Gasteiger partial charge in [0.15, 0.2) is 0 Å². The second-order valence-electron chi connectivity index (χ2n) is 4.68. The van der Waals surface area contributed by atoms with Gasteiger partial charge in [0, 0.05) is 24.5 Å². The van der Waals surface area contributed by atoms with Crippen LogP contribution in [-0.4, -0.2) is 16.0 Å². The van der Waals surface area contributed by atoms with Crippen LogP contribution in [0.4, 0.5) is 0 Å². The first-order valence-electron chi connectivity index (χ1n) is 5.89. The van der Waals surface area contributed by atoms with Crippen LogP contribution in [0.2, 0.25) is 0 Å². The quantitative estimate of drug-likeness (QED) is 0.725. The van der Waals surface area contributed by atoms with Gasteiger partial charge >= 0.3 is 0 Å². The zero-order valence-electron chi connectivity index (χ0n) is 10.1. The van der Waals surface area contributed by atoms with Gasteiger partial charge in [0.1, 0.15) is 0 Å². The molecular formula is C12H23N3. The Bertz CT molecular complexity index is 241. The number of rotatable bonds is 7. The van der Waals surface area contributed by atoms with Crippen molar-refractivity contribution in [3.8, 4) is 0 Å². The molecule has 3 nitrogen and oxygen atoms in total. The largest absolute Gasteiger partial charge is 0.347 e. The summed E-state index contributed by atoms with van der Waals surface area (Å²) in [4.78, 5) is 7.08. The van der Waals surface area contributed by atoms with Gasteiger partial charge in [-0.1, -0.05) is 26.7 Å². The van der Waals surface area contributed by atoms with Crippen molar-refractivity contribution in [1.29, 1.82) is 0 Å². The predicted octanol–water partition coefficient (Wildman–Crippen LogP) is 2.71. The number of aromatic nitrogens is 2. The molecule has 1 atom stereocenters. The topological polar surface area (TPSA) is 40.7 Å². The fraction of sp³-hybridized carbons (Fsp3) is 0.750. The van der Waals surface area contributed by atoms with E-state index in [-0.39, 0.29) is 0 Å². The third-order valence-electron chi connectivity index (χ3n) is 2.61. The Kier molecular flexibility index (Phi) is 5.40. The van der Waals surface area contributed by atoms with Crippen molar-refractivity contribution >= 4 is 0 Å². The Morgan fingerprint density at radius 2 is 2.13 bits per heavy atom. The number of hydrogen-bond donors (Lipinski definition) is 2. The van der Waals surface area contributed by atoms with Crippen molar-refractivity contribution in [2.45, 2.75) is 52.6 Å². The Morgan fingerprint density at radius 1 is 1.33 bits per heavy atom. The van der Waals surface area contributed by atoms with E-state index in [2.05, 4.69) is 36.1 Å². The number of nitrogens with zero attached hydrogens (tertiary/aromatic N) is 1. The maximum absolute atomic E-state index is 3.99. The second-order valence-corrected chi connectivity index (χ2v) is 4.68. The van der Waals surface area contributed by atoms with Gasteiger partial charge in [0.05, 0.1) is 6.33 Å². The van der Waals surface area contributed by atoms with Crippen LogP contribution in [0.1, 0.15) is 45.7 Å². The van der Waals surface area contributed by atoms with Crippen molar-refractivity contribution in [3.05, 3.63) is 18.2 Å². The summed E-state index contributed by atoms with van der Waals surface area (Å²) in [6.07, 6.45) is 7.49. The van der Waals surface area contributed by atoms with Crippen molar-refractivity contribution < 1.29 is 0 Å². The van der Waals surface area contributed by atoms with Crippen LogP contribution in [0.15, 0.2) is 12.5 Å². The highest BCUT2D eigenvalue weighted by Gasteiger charge is 2.02. The average molecular weight is 209 g/mol. The molecule has 1 heterocycles. The summed E-state index contributed by atoms with van der Waals surface area (Å²) in [5, 5.41) is 3.49. The van der Waals surface area contributed by atoms with Crippen molar-refractivity contribution in [2.75, 3.05) is 0 Å². The van der Waals surface area contributed by atoms with Crippen LogP contribution in [-0.2, 0) is 6.54 Å². The molecule has 0 saturated carbocycles. The van der Waals surface area contributed by atoms with E-state index < -0.39 is 0 Å². The molecule has 0 amide bonds. The minimum Gasteiger partial charge on any atom is -0.347 e. The summed E-state index contributed by atoms with van der Waals surface area (Å²) in [5.74, 6) is 0.824. The molecule has 0 aliphatic carbocycles. The first kappa shape index (κ1) is 12.2. The summed E-state index contributed by atoms with van der Waals surface area (Å²) in [6, 6.07) is 0.590. The van der Waals surface area contributed by atoms with Gasteiger partial charge in [-0.25, -0.2) is 4.98 Å². The van der Waals surface area contributed by atoms with Gasteiger partial charge in [0.2, 0.25) is 0 Å². The molecule has 0 aromatic carbocycles. The lowest BCUT2D eigenvalue weighted by atomic mass is 10.0. The Morgan fingerprint density at radius 3 is 2.73 bits per heavy atom. The van der Waals surface area contributed by atoms with E-state index in [1.165, 1.54) is 19.3 Å². The molecule has 2 N–H and O–H groups in total. The zero-order valence-corrected chi connectivity index (χ0v) is 10.1. The molecule has 86 valence electrons. The summed E-state index contributed by atoms with van der Waals surface area (Å²) in [6.45, 7) is 7.70. The monoisotopic (exact) mass is 209 g/mol. The Balaban J connectivity index is 2.06. The lowest BCUT2D eigenvalue weighted by Gasteiger charge is -2.13. The molecule has 1 aromatic rings. The zero-order chi connectivity index (χ0) is 11.1. The van der Waals surface area contributed by atoms with Crippen LogP contribution in [0, 0.1) is 5.92 Å². The highest BCUT2D eigenvalue weighted by atomic mass is 14.9. The lowest BCUT2D eigenvalue weighted by molar-refractivity contribution is 0.455. The summed E-state index contributed by atoms with van der Waals surface area (Å²) >= 11 is 0. The standard InChI is InChI=1S/C12H23N3/c1-10(2)5-4-6-11(3)14-8-12-7-13-9-15-12/h7,9-11,14H,4-6,8H2,1-3H3,(H,13,15). The molecule has 0 bridgehead atoms. The summed E-state index contributed by atoms with van der Waals surface area (Å²) in [7, 11) is 0. The minimum absolute atomic E-state index is 0.590. The van der Waals surface area contributed by atoms with Gasteiger partial charge < -0.3 is 10.3 Å². The normalized spacial score (nSPS) is 13.3. The first-order chi connectivity index (χ1) is 7.18. The number of H-pyrrole nitrogens is 1. The van der Waals surface area contributed by atoms with Crippen LogP contribution in [0.25, 0.3) is 0 Å². The minimum atomic E-state index is 0.590. The molecule has 0 aliphatic rings. The lowest BCUT2D eigenvalue weighted by Crippen LogP contribution is -2.25. The molecule has 0 aliphatic heterocycles. The fourth-order valence-corrected chi connectivity index (χ4v) is 1.60. The molecule has 0 fully saturated rings. The van der Waals surface area contributed by atoms with Crippen LogP contribution < -0.4 is 5.32 Å². The second kappa shape index (κ2) is 6.62. The first-order valence-corrected chi connectivity index (χ1v) is 5.89. The molecule has 0 radical (unpaired) electrons.